The first-order chi connectivity index (χ1) is 7.15. The predicted octanol–water partition coefficient (Wildman–Crippen LogP) is 2.47. The molecular formula is C12H20O3. The Bertz CT molecular complexity index is 225. The van der Waals surface area contributed by atoms with Gasteiger partial charge in [-0.1, -0.05) is 13.0 Å². The molecule has 0 amide bonds. The van der Waals surface area contributed by atoms with Gasteiger partial charge in [0.15, 0.2) is 0 Å². The zero-order valence-electron chi connectivity index (χ0n) is 9.32. The first kappa shape index (κ1) is 12.2. The number of hydrogen-bond donors (Lipinski definition) is 1. The second kappa shape index (κ2) is 5.91. The topological polar surface area (TPSA) is 46.5 Å². The van der Waals surface area contributed by atoms with E-state index in [9.17, 15) is 4.79 Å². The summed E-state index contributed by atoms with van der Waals surface area (Å²) in [6, 6.07) is 0. The molecule has 0 aromatic rings. The van der Waals surface area contributed by atoms with Gasteiger partial charge in [0.2, 0.25) is 0 Å². The van der Waals surface area contributed by atoms with E-state index in [2.05, 4.69) is 13.5 Å². The molecule has 3 unspecified atom stereocenters. The van der Waals surface area contributed by atoms with Crippen molar-refractivity contribution in [1.82, 2.24) is 0 Å². The molecule has 1 aliphatic rings. The van der Waals surface area contributed by atoms with Crippen LogP contribution in [0.3, 0.4) is 0 Å². The van der Waals surface area contributed by atoms with Gasteiger partial charge in [0.25, 0.3) is 0 Å². The van der Waals surface area contributed by atoms with Crippen LogP contribution in [0.4, 0.5) is 0 Å². The molecule has 1 fully saturated rings. The second-order valence-corrected chi connectivity index (χ2v) is 4.35. The van der Waals surface area contributed by atoms with Crippen molar-refractivity contribution in [1.29, 1.82) is 0 Å². The summed E-state index contributed by atoms with van der Waals surface area (Å²) in [4.78, 5) is 11.0. The fourth-order valence-corrected chi connectivity index (χ4v) is 2.10. The molecule has 0 radical (unpaired) electrons. The summed E-state index contributed by atoms with van der Waals surface area (Å²) in [7, 11) is 0. The van der Waals surface area contributed by atoms with Crippen LogP contribution in [-0.4, -0.2) is 23.8 Å². The third kappa shape index (κ3) is 3.67. The highest BCUT2D eigenvalue weighted by atomic mass is 16.5. The number of aliphatic carboxylic acids is 1. The number of ether oxygens (including phenoxy) is 1. The van der Waals surface area contributed by atoms with Crippen LogP contribution in [0.1, 0.15) is 32.6 Å². The largest absolute Gasteiger partial charge is 0.481 e. The van der Waals surface area contributed by atoms with Crippen molar-refractivity contribution in [2.45, 2.75) is 38.7 Å². The smallest absolute Gasteiger partial charge is 0.309 e. The van der Waals surface area contributed by atoms with Crippen molar-refractivity contribution in [2.75, 3.05) is 6.61 Å². The Hall–Kier alpha value is -0.830. The molecule has 1 rings (SSSR count). The lowest BCUT2D eigenvalue weighted by molar-refractivity contribution is -0.150. The summed E-state index contributed by atoms with van der Waals surface area (Å²) >= 11 is 0. The minimum Gasteiger partial charge on any atom is -0.481 e. The van der Waals surface area contributed by atoms with Crippen LogP contribution in [0.15, 0.2) is 12.7 Å². The Morgan fingerprint density at radius 3 is 2.93 bits per heavy atom. The maximum atomic E-state index is 11.0. The Morgan fingerprint density at radius 1 is 1.60 bits per heavy atom. The van der Waals surface area contributed by atoms with Gasteiger partial charge in [-0.3, -0.25) is 4.79 Å². The van der Waals surface area contributed by atoms with Gasteiger partial charge in [-0.2, -0.15) is 0 Å². The van der Waals surface area contributed by atoms with Crippen molar-refractivity contribution in [3.05, 3.63) is 12.7 Å². The van der Waals surface area contributed by atoms with E-state index < -0.39 is 5.97 Å². The van der Waals surface area contributed by atoms with Gasteiger partial charge in [-0.25, -0.2) is 0 Å². The maximum Gasteiger partial charge on any atom is 0.309 e. The van der Waals surface area contributed by atoms with Gasteiger partial charge in [0.05, 0.1) is 18.6 Å². The molecule has 86 valence electrons. The van der Waals surface area contributed by atoms with Crippen LogP contribution >= 0.6 is 0 Å². The average molecular weight is 212 g/mol. The van der Waals surface area contributed by atoms with E-state index >= 15 is 0 Å². The Morgan fingerprint density at radius 2 is 2.33 bits per heavy atom. The molecule has 0 bridgehead atoms. The van der Waals surface area contributed by atoms with E-state index in [1.165, 1.54) is 0 Å². The Labute approximate surface area is 91.1 Å². The summed E-state index contributed by atoms with van der Waals surface area (Å²) in [5.41, 5.74) is 0. The third-order valence-corrected chi connectivity index (χ3v) is 3.03. The van der Waals surface area contributed by atoms with Crippen LogP contribution in [0, 0.1) is 11.8 Å². The summed E-state index contributed by atoms with van der Waals surface area (Å²) in [6.07, 6.45) is 5.09. The molecule has 0 aliphatic heterocycles. The summed E-state index contributed by atoms with van der Waals surface area (Å²) in [5, 5.41) is 9.05. The fourth-order valence-electron chi connectivity index (χ4n) is 2.10. The first-order valence-electron chi connectivity index (χ1n) is 5.60. The molecule has 3 heteroatoms. The highest BCUT2D eigenvalue weighted by Crippen LogP contribution is 2.31. The lowest BCUT2D eigenvalue weighted by Crippen LogP contribution is -2.36. The van der Waals surface area contributed by atoms with E-state index in [4.69, 9.17) is 9.84 Å². The van der Waals surface area contributed by atoms with Gasteiger partial charge in [-0.15, -0.1) is 6.58 Å². The number of hydrogen-bond acceptors (Lipinski definition) is 2. The molecule has 0 heterocycles. The normalized spacial score (nSPS) is 31.1. The number of carbonyl (C=O) groups is 1. The van der Waals surface area contributed by atoms with E-state index in [1.807, 2.05) is 0 Å². The molecule has 1 N–H and O–H groups in total. The average Bonchev–Trinajstić information content (AvgIpc) is 2.18. The molecule has 15 heavy (non-hydrogen) atoms. The van der Waals surface area contributed by atoms with Crippen molar-refractivity contribution < 1.29 is 14.6 Å². The molecule has 1 aliphatic carbocycles. The number of carboxylic acids is 1. The van der Waals surface area contributed by atoms with Crippen molar-refractivity contribution in [3.63, 3.8) is 0 Å². The minimum atomic E-state index is -0.717. The molecule has 0 spiro atoms. The standard InChI is InChI=1S/C12H20O3/c1-3-4-7-15-11-8-9(2)5-6-10(11)12(13)14/h3,9-11H,1,4-8H2,2H3,(H,13,14). The molecule has 3 nitrogen and oxygen atoms in total. The van der Waals surface area contributed by atoms with Crippen LogP contribution in [0.25, 0.3) is 0 Å². The summed E-state index contributed by atoms with van der Waals surface area (Å²) in [6.45, 7) is 6.36. The zero-order chi connectivity index (χ0) is 11.3. The monoisotopic (exact) mass is 212 g/mol. The zero-order valence-corrected chi connectivity index (χ0v) is 9.32. The lowest BCUT2D eigenvalue weighted by Gasteiger charge is -2.32. The second-order valence-electron chi connectivity index (χ2n) is 4.35. The molecule has 1 saturated carbocycles. The van der Waals surface area contributed by atoms with E-state index in [1.54, 1.807) is 6.08 Å². The molecule has 0 saturated heterocycles. The van der Waals surface area contributed by atoms with Crippen LogP contribution < -0.4 is 0 Å². The van der Waals surface area contributed by atoms with E-state index in [-0.39, 0.29) is 12.0 Å². The lowest BCUT2D eigenvalue weighted by atomic mass is 9.80. The Balaban J connectivity index is 2.46. The first-order valence-corrected chi connectivity index (χ1v) is 5.60. The van der Waals surface area contributed by atoms with Crippen molar-refractivity contribution >= 4 is 5.97 Å². The van der Waals surface area contributed by atoms with Gasteiger partial charge in [0.1, 0.15) is 0 Å². The van der Waals surface area contributed by atoms with Crippen LogP contribution in [0.2, 0.25) is 0 Å². The highest BCUT2D eigenvalue weighted by molar-refractivity contribution is 5.70. The van der Waals surface area contributed by atoms with Gasteiger partial charge in [-0.05, 0) is 31.6 Å². The van der Waals surface area contributed by atoms with Crippen LogP contribution in [-0.2, 0) is 9.53 Å². The van der Waals surface area contributed by atoms with Gasteiger partial charge in [0, 0.05) is 0 Å². The molecular weight excluding hydrogens is 192 g/mol. The summed E-state index contributed by atoms with van der Waals surface area (Å²) < 4.78 is 5.62. The van der Waals surface area contributed by atoms with E-state index in [0.717, 1.165) is 25.7 Å². The fraction of sp³-hybridized carbons (Fsp3) is 0.750. The SMILES string of the molecule is C=CCCOC1CC(C)CCC1C(=O)O. The predicted molar refractivity (Wildman–Crippen MR) is 58.7 cm³/mol. The van der Waals surface area contributed by atoms with E-state index in [0.29, 0.717) is 12.5 Å². The molecule has 0 aromatic carbocycles. The van der Waals surface area contributed by atoms with Crippen molar-refractivity contribution in [3.8, 4) is 0 Å². The van der Waals surface area contributed by atoms with Gasteiger partial charge >= 0.3 is 5.97 Å². The molecule has 0 aromatic heterocycles. The number of rotatable bonds is 5. The quantitative estimate of drug-likeness (QED) is 0.562. The highest BCUT2D eigenvalue weighted by Gasteiger charge is 2.34. The third-order valence-electron chi connectivity index (χ3n) is 3.03. The van der Waals surface area contributed by atoms with Crippen LogP contribution in [0.5, 0.6) is 0 Å². The Kier molecular flexibility index (Phi) is 4.82. The molecule has 3 atom stereocenters. The minimum absolute atomic E-state index is 0.105. The number of carboxylic acid groups (broad SMARTS) is 1. The van der Waals surface area contributed by atoms with Crippen molar-refractivity contribution in [2.24, 2.45) is 11.8 Å². The van der Waals surface area contributed by atoms with Gasteiger partial charge < -0.3 is 9.84 Å². The maximum absolute atomic E-state index is 11.0. The summed E-state index contributed by atoms with van der Waals surface area (Å²) in [5.74, 6) is -0.453.